The largest absolute Gasteiger partial charge is 0.465 e. The smallest absolute Gasteiger partial charge is 0.366 e. The fraction of sp³-hybridized carbons (Fsp3) is 0.857. The predicted molar refractivity (Wildman–Crippen MR) is 78.7 cm³/mol. The maximum atomic E-state index is 12.1. The molecule has 0 saturated carbocycles. The summed E-state index contributed by atoms with van der Waals surface area (Å²) in [6.07, 6.45) is -5.38. The molecule has 1 fully saturated rings. The van der Waals surface area contributed by atoms with Gasteiger partial charge in [0.05, 0.1) is 25.9 Å². The molecule has 1 aliphatic rings. The quantitative estimate of drug-likeness (QED) is 0.367. The second kappa shape index (κ2) is 8.70. The summed E-state index contributed by atoms with van der Waals surface area (Å²) in [6, 6.07) is -0.892. The van der Waals surface area contributed by atoms with Crippen LogP contribution in [0.5, 0.6) is 0 Å². The minimum Gasteiger partial charge on any atom is -0.465 e. The van der Waals surface area contributed by atoms with Crippen LogP contribution < -0.4 is 5.32 Å². The molecular weight excluding hydrogens is 326 g/mol. The molecule has 0 radical (unpaired) electrons. The maximum absolute atomic E-state index is 12.1. The lowest BCUT2D eigenvalue weighted by Crippen LogP contribution is -2.68. The average molecular weight is 351 g/mol. The van der Waals surface area contributed by atoms with Gasteiger partial charge in [0, 0.05) is 27.6 Å². The molecule has 1 rings (SSSR count). The number of aliphatic hydroxyl groups is 3. The van der Waals surface area contributed by atoms with E-state index >= 15 is 0 Å². The van der Waals surface area contributed by atoms with Gasteiger partial charge < -0.3 is 39.6 Å². The standard InChI is InChI=1S/C14H25NO9/c1-7(17)15-10-9(21-2)5-14(23-4,13(20)22-3)24-12(10)11(19)8(18)6-16/h8-12,16,18-19H,5-6H2,1-4H3,(H,15,17)/t8-,9+,10-,11-,12-,14-/m1/s1. The number of hydrogen-bond donors (Lipinski definition) is 4. The third kappa shape index (κ3) is 4.21. The van der Waals surface area contributed by atoms with Crippen LogP contribution in [0.15, 0.2) is 0 Å². The number of rotatable bonds is 7. The SMILES string of the molecule is COC(=O)[C@@]1(OC)C[C@H](OC)[C@@H](NC(C)=O)[C@H]([C@H](O)[C@H](O)CO)O1. The van der Waals surface area contributed by atoms with E-state index < -0.39 is 54.7 Å². The molecule has 4 N–H and O–H groups in total. The Hall–Kier alpha value is -1.30. The average Bonchev–Trinajstić information content (AvgIpc) is 2.59. The highest BCUT2D eigenvalue weighted by molar-refractivity contribution is 5.78. The van der Waals surface area contributed by atoms with Gasteiger partial charge in [-0.2, -0.15) is 0 Å². The highest BCUT2D eigenvalue weighted by atomic mass is 16.7. The Morgan fingerprint density at radius 3 is 2.38 bits per heavy atom. The van der Waals surface area contributed by atoms with Crippen LogP contribution in [0.3, 0.4) is 0 Å². The fourth-order valence-electron chi connectivity index (χ4n) is 2.70. The summed E-state index contributed by atoms with van der Waals surface area (Å²) < 4.78 is 20.8. The summed E-state index contributed by atoms with van der Waals surface area (Å²) in [4.78, 5) is 23.6. The third-order valence-electron chi connectivity index (χ3n) is 3.97. The van der Waals surface area contributed by atoms with Gasteiger partial charge in [-0.3, -0.25) is 4.79 Å². The van der Waals surface area contributed by atoms with Gasteiger partial charge in [0.1, 0.15) is 18.3 Å². The van der Waals surface area contributed by atoms with E-state index in [4.69, 9.17) is 19.3 Å². The first kappa shape index (κ1) is 20.7. The van der Waals surface area contributed by atoms with Crippen molar-refractivity contribution >= 4 is 11.9 Å². The van der Waals surface area contributed by atoms with E-state index in [0.29, 0.717) is 0 Å². The van der Waals surface area contributed by atoms with Crippen molar-refractivity contribution in [2.45, 2.75) is 49.6 Å². The van der Waals surface area contributed by atoms with E-state index in [-0.39, 0.29) is 6.42 Å². The summed E-state index contributed by atoms with van der Waals surface area (Å²) in [5.74, 6) is -3.17. The second-order valence-corrected chi connectivity index (χ2v) is 5.48. The molecule has 0 aromatic heterocycles. The molecule has 0 aliphatic carbocycles. The van der Waals surface area contributed by atoms with E-state index in [1.807, 2.05) is 0 Å². The number of methoxy groups -OCH3 is 3. The Labute approximate surface area is 139 Å². The zero-order valence-electron chi connectivity index (χ0n) is 14.1. The van der Waals surface area contributed by atoms with E-state index in [2.05, 4.69) is 10.1 Å². The molecule has 1 saturated heterocycles. The minimum absolute atomic E-state index is 0.115. The van der Waals surface area contributed by atoms with Crippen LogP contribution in [-0.4, -0.2) is 91.4 Å². The Kier molecular flexibility index (Phi) is 7.52. The van der Waals surface area contributed by atoms with Gasteiger partial charge in [-0.05, 0) is 0 Å². The molecule has 24 heavy (non-hydrogen) atoms. The molecule has 1 aliphatic heterocycles. The molecule has 0 aromatic carbocycles. The number of aliphatic hydroxyl groups excluding tert-OH is 3. The predicted octanol–water partition coefficient (Wildman–Crippen LogP) is -2.48. The number of carbonyl (C=O) groups excluding carboxylic acids is 2. The van der Waals surface area contributed by atoms with Crippen molar-refractivity contribution in [1.29, 1.82) is 0 Å². The molecule has 0 bridgehead atoms. The second-order valence-electron chi connectivity index (χ2n) is 5.48. The van der Waals surface area contributed by atoms with Crippen LogP contribution in [0.1, 0.15) is 13.3 Å². The monoisotopic (exact) mass is 351 g/mol. The number of amides is 1. The van der Waals surface area contributed by atoms with Crippen molar-refractivity contribution in [3.8, 4) is 0 Å². The first-order chi connectivity index (χ1) is 11.3. The minimum atomic E-state index is -1.88. The molecule has 0 aromatic rings. The topological polar surface area (TPSA) is 144 Å². The number of ether oxygens (including phenoxy) is 4. The van der Waals surface area contributed by atoms with E-state index in [9.17, 15) is 19.8 Å². The van der Waals surface area contributed by atoms with Crippen molar-refractivity contribution in [3.05, 3.63) is 0 Å². The first-order valence-corrected chi connectivity index (χ1v) is 7.34. The van der Waals surface area contributed by atoms with Gasteiger partial charge in [0.15, 0.2) is 0 Å². The van der Waals surface area contributed by atoms with Gasteiger partial charge in [0.25, 0.3) is 5.79 Å². The molecule has 0 spiro atoms. The molecular formula is C14H25NO9. The van der Waals surface area contributed by atoms with Crippen LogP contribution in [-0.2, 0) is 28.5 Å². The van der Waals surface area contributed by atoms with Gasteiger partial charge in [-0.1, -0.05) is 0 Å². The van der Waals surface area contributed by atoms with Crippen molar-refractivity contribution in [1.82, 2.24) is 5.32 Å². The molecule has 1 heterocycles. The van der Waals surface area contributed by atoms with E-state index in [1.54, 1.807) is 0 Å². The van der Waals surface area contributed by atoms with Crippen molar-refractivity contribution < 1.29 is 43.9 Å². The van der Waals surface area contributed by atoms with Crippen LogP contribution in [0.2, 0.25) is 0 Å². The Morgan fingerprint density at radius 1 is 1.33 bits per heavy atom. The highest BCUT2D eigenvalue weighted by Gasteiger charge is 2.56. The van der Waals surface area contributed by atoms with Crippen LogP contribution >= 0.6 is 0 Å². The Balaban J connectivity index is 3.26. The zero-order valence-corrected chi connectivity index (χ0v) is 14.1. The van der Waals surface area contributed by atoms with Crippen LogP contribution in [0.25, 0.3) is 0 Å². The van der Waals surface area contributed by atoms with Crippen LogP contribution in [0, 0.1) is 0 Å². The van der Waals surface area contributed by atoms with Gasteiger partial charge in [-0.25, -0.2) is 4.79 Å². The number of nitrogens with one attached hydrogen (secondary N) is 1. The third-order valence-corrected chi connectivity index (χ3v) is 3.97. The van der Waals surface area contributed by atoms with Gasteiger partial charge in [-0.15, -0.1) is 0 Å². The summed E-state index contributed by atoms with van der Waals surface area (Å²) in [5, 5.41) is 31.6. The normalized spacial score (nSPS) is 32.7. The number of esters is 1. The van der Waals surface area contributed by atoms with Gasteiger partial charge in [0.2, 0.25) is 5.91 Å². The van der Waals surface area contributed by atoms with E-state index in [1.165, 1.54) is 21.1 Å². The van der Waals surface area contributed by atoms with Crippen molar-refractivity contribution in [2.75, 3.05) is 27.9 Å². The molecule has 1 amide bonds. The van der Waals surface area contributed by atoms with Crippen LogP contribution in [0.4, 0.5) is 0 Å². The lowest BCUT2D eigenvalue weighted by Gasteiger charge is -2.47. The zero-order chi connectivity index (χ0) is 18.5. The molecule has 140 valence electrons. The van der Waals surface area contributed by atoms with Crippen molar-refractivity contribution in [3.63, 3.8) is 0 Å². The molecule has 10 heteroatoms. The maximum Gasteiger partial charge on any atom is 0.366 e. The number of carbonyl (C=O) groups is 2. The molecule has 6 atom stereocenters. The Bertz CT molecular complexity index is 446. The van der Waals surface area contributed by atoms with Crippen molar-refractivity contribution in [2.24, 2.45) is 0 Å². The first-order valence-electron chi connectivity index (χ1n) is 7.34. The fourth-order valence-corrected chi connectivity index (χ4v) is 2.70. The number of hydrogen-bond acceptors (Lipinski definition) is 9. The summed E-state index contributed by atoms with van der Waals surface area (Å²) >= 11 is 0. The summed E-state index contributed by atoms with van der Waals surface area (Å²) in [5.41, 5.74) is 0. The molecule has 10 nitrogen and oxygen atoms in total. The summed E-state index contributed by atoms with van der Waals surface area (Å²) in [7, 11) is 3.71. The highest BCUT2D eigenvalue weighted by Crippen LogP contribution is 2.34. The van der Waals surface area contributed by atoms with E-state index in [0.717, 1.165) is 7.11 Å². The lowest BCUT2D eigenvalue weighted by molar-refractivity contribution is -0.306. The van der Waals surface area contributed by atoms with Gasteiger partial charge >= 0.3 is 5.97 Å². The Morgan fingerprint density at radius 2 is 1.96 bits per heavy atom. The molecule has 0 unspecified atom stereocenters. The summed E-state index contributed by atoms with van der Waals surface area (Å²) in [6.45, 7) is 0.515. The lowest BCUT2D eigenvalue weighted by atomic mass is 9.88.